The second-order valence-electron chi connectivity index (χ2n) is 8.68. The fraction of sp³-hybridized carbons (Fsp3) is 0.440. The Labute approximate surface area is 207 Å². The Morgan fingerprint density at radius 1 is 1.00 bits per heavy atom. The Balaban J connectivity index is 2.42. The standard InChI is InChI=1S/C25H35FN4O4S/c1-6-23(25(32)27-19(2)3)29(17-16-20-10-8-7-9-11-20)24(31)18-30(35(33,34)28(4)5)22-14-12-21(26)13-15-22/h7-15,19,23H,6,16-18H2,1-5H3,(H,27,32)/t23-/m1/s1. The van der Waals surface area contributed by atoms with Gasteiger partial charge in [-0.05, 0) is 56.5 Å². The number of benzene rings is 2. The van der Waals surface area contributed by atoms with E-state index in [1.165, 1.54) is 31.1 Å². The Kier molecular flexibility index (Phi) is 10.2. The van der Waals surface area contributed by atoms with Crippen LogP contribution in [-0.2, 0) is 26.2 Å². The van der Waals surface area contributed by atoms with Crippen LogP contribution in [0.25, 0.3) is 0 Å². The first-order valence-electron chi connectivity index (χ1n) is 11.6. The highest BCUT2D eigenvalue weighted by molar-refractivity contribution is 7.90. The van der Waals surface area contributed by atoms with Gasteiger partial charge in [0.2, 0.25) is 11.8 Å². The van der Waals surface area contributed by atoms with Crippen molar-refractivity contribution in [1.82, 2.24) is 14.5 Å². The van der Waals surface area contributed by atoms with Gasteiger partial charge in [0.05, 0.1) is 5.69 Å². The maximum atomic E-state index is 13.6. The maximum absolute atomic E-state index is 13.6. The normalized spacial score (nSPS) is 12.5. The third-order valence-electron chi connectivity index (χ3n) is 5.43. The van der Waals surface area contributed by atoms with Crippen LogP contribution < -0.4 is 9.62 Å². The third kappa shape index (κ3) is 7.76. The molecule has 2 aromatic rings. The quantitative estimate of drug-likeness (QED) is 0.479. The van der Waals surface area contributed by atoms with Crippen molar-refractivity contribution in [3.05, 3.63) is 66.0 Å². The summed E-state index contributed by atoms with van der Waals surface area (Å²) in [7, 11) is -1.36. The summed E-state index contributed by atoms with van der Waals surface area (Å²) in [5.74, 6) is -1.35. The van der Waals surface area contributed by atoms with E-state index < -0.39 is 34.5 Å². The summed E-state index contributed by atoms with van der Waals surface area (Å²) in [6.07, 6.45) is 0.852. The number of nitrogens with one attached hydrogen (secondary N) is 1. The lowest BCUT2D eigenvalue weighted by molar-refractivity contribution is -0.139. The number of anilines is 1. The van der Waals surface area contributed by atoms with Crippen LogP contribution in [0.5, 0.6) is 0 Å². The van der Waals surface area contributed by atoms with E-state index in [9.17, 15) is 22.4 Å². The van der Waals surface area contributed by atoms with E-state index in [-0.39, 0.29) is 24.2 Å². The molecular weight excluding hydrogens is 471 g/mol. The molecule has 192 valence electrons. The summed E-state index contributed by atoms with van der Waals surface area (Å²) in [6, 6.07) is 13.5. The van der Waals surface area contributed by atoms with Crippen LogP contribution in [0.4, 0.5) is 10.1 Å². The molecule has 0 unspecified atom stereocenters. The zero-order chi connectivity index (χ0) is 26.2. The van der Waals surface area contributed by atoms with Crippen LogP contribution in [0.2, 0.25) is 0 Å². The average molecular weight is 507 g/mol. The number of hydrogen-bond donors (Lipinski definition) is 1. The monoisotopic (exact) mass is 506 g/mol. The molecule has 0 saturated heterocycles. The smallest absolute Gasteiger partial charge is 0.304 e. The van der Waals surface area contributed by atoms with Crippen LogP contribution >= 0.6 is 0 Å². The molecule has 1 N–H and O–H groups in total. The lowest BCUT2D eigenvalue weighted by Gasteiger charge is -2.34. The molecule has 2 amide bonds. The van der Waals surface area contributed by atoms with E-state index in [0.717, 1.165) is 26.3 Å². The molecule has 2 aromatic carbocycles. The van der Waals surface area contributed by atoms with Gasteiger partial charge in [-0.3, -0.25) is 9.59 Å². The summed E-state index contributed by atoms with van der Waals surface area (Å²) >= 11 is 0. The summed E-state index contributed by atoms with van der Waals surface area (Å²) < 4.78 is 41.6. The van der Waals surface area contributed by atoms with Gasteiger partial charge in [0.1, 0.15) is 18.4 Å². The highest BCUT2D eigenvalue weighted by Gasteiger charge is 2.33. The van der Waals surface area contributed by atoms with Crippen molar-refractivity contribution in [2.24, 2.45) is 0 Å². The predicted octanol–water partition coefficient (Wildman–Crippen LogP) is 2.81. The minimum atomic E-state index is -4.08. The summed E-state index contributed by atoms with van der Waals surface area (Å²) in [5, 5.41) is 2.85. The fourth-order valence-electron chi connectivity index (χ4n) is 3.60. The molecule has 35 heavy (non-hydrogen) atoms. The molecule has 0 radical (unpaired) electrons. The fourth-order valence-corrected chi connectivity index (χ4v) is 4.66. The molecule has 0 aromatic heterocycles. The Morgan fingerprint density at radius 3 is 2.11 bits per heavy atom. The molecular formula is C25H35FN4O4S. The zero-order valence-electron chi connectivity index (χ0n) is 20.9. The van der Waals surface area contributed by atoms with Gasteiger partial charge in [0.25, 0.3) is 0 Å². The number of rotatable bonds is 12. The Morgan fingerprint density at radius 2 is 1.60 bits per heavy atom. The van der Waals surface area contributed by atoms with Crippen molar-refractivity contribution < 1.29 is 22.4 Å². The number of hydrogen-bond acceptors (Lipinski definition) is 4. The van der Waals surface area contributed by atoms with Crippen molar-refractivity contribution >= 4 is 27.7 Å². The SMILES string of the molecule is CC[C@H](C(=O)NC(C)C)N(CCc1ccccc1)C(=O)CN(c1ccc(F)cc1)S(=O)(=O)N(C)C. The van der Waals surface area contributed by atoms with Gasteiger partial charge in [-0.25, -0.2) is 8.70 Å². The molecule has 0 heterocycles. The molecule has 0 fully saturated rings. The molecule has 0 spiro atoms. The predicted molar refractivity (Wildman–Crippen MR) is 136 cm³/mol. The van der Waals surface area contributed by atoms with Crippen molar-refractivity contribution in [3.63, 3.8) is 0 Å². The van der Waals surface area contributed by atoms with Crippen LogP contribution in [0.3, 0.4) is 0 Å². The van der Waals surface area contributed by atoms with E-state index >= 15 is 0 Å². The molecule has 2 rings (SSSR count). The van der Waals surface area contributed by atoms with Gasteiger partial charge >= 0.3 is 10.2 Å². The topological polar surface area (TPSA) is 90.0 Å². The first-order chi connectivity index (χ1) is 16.5. The second kappa shape index (κ2) is 12.6. The van der Waals surface area contributed by atoms with E-state index in [2.05, 4.69) is 5.32 Å². The third-order valence-corrected chi connectivity index (χ3v) is 7.25. The van der Waals surface area contributed by atoms with Crippen molar-refractivity contribution in [3.8, 4) is 0 Å². The first kappa shape index (κ1) is 28.3. The largest absolute Gasteiger partial charge is 0.352 e. The van der Waals surface area contributed by atoms with E-state index in [1.54, 1.807) is 0 Å². The van der Waals surface area contributed by atoms with E-state index in [0.29, 0.717) is 12.8 Å². The zero-order valence-corrected chi connectivity index (χ0v) is 21.8. The number of amides is 2. The molecule has 10 heteroatoms. The summed E-state index contributed by atoms with van der Waals surface area (Å²) in [6.45, 7) is 5.17. The Hall–Kier alpha value is -2.98. The molecule has 0 bridgehead atoms. The number of halogens is 1. The maximum Gasteiger partial charge on any atom is 0.304 e. The van der Waals surface area contributed by atoms with Gasteiger partial charge in [0, 0.05) is 26.7 Å². The number of carbonyl (C=O) groups is 2. The highest BCUT2D eigenvalue weighted by Crippen LogP contribution is 2.21. The summed E-state index contributed by atoms with van der Waals surface area (Å²) in [5.41, 5.74) is 1.14. The van der Waals surface area contributed by atoms with Crippen LogP contribution in [0.1, 0.15) is 32.8 Å². The van der Waals surface area contributed by atoms with Gasteiger partial charge in [0.15, 0.2) is 0 Å². The van der Waals surface area contributed by atoms with Crippen LogP contribution in [-0.4, -0.2) is 68.7 Å². The molecule has 0 aliphatic rings. The van der Waals surface area contributed by atoms with Crippen LogP contribution in [0, 0.1) is 5.82 Å². The molecule has 0 aliphatic carbocycles. The molecule has 8 nitrogen and oxygen atoms in total. The van der Waals surface area contributed by atoms with Crippen molar-refractivity contribution in [2.45, 2.75) is 45.7 Å². The van der Waals surface area contributed by atoms with Crippen molar-refractivity contribution in [1.29, 1.82) is 0 Å². The number of carbonyl (C=O) groups excluding carboxylic acids is 2. The van der Waals surface area contributed by atoms with Gasteiger partial charge in [-0.15, -0.1) is 0 Å². The minimum absolute atomic E-state index is 0.118. The van der Waals surface area contributed by atoms with Gasteiger partial charge in [-0.2, -0.15) is 12.7 Å². The Bertz CT molecular complexity index is 1080. The van der Waals surface area contributed by atoms with Gasteiger partial charge in [-0.1, -0.05) is 37.3 Å². The van der Waals surface area contributed by atoms with Gasteiger partial charge < -0.3 is 10.2 Å². The molecule has 1 atom stereocenters. The van der Waals surface area contributed by atoms with Crippen LogP contribution in [0.15, 0.2) is 54.6 Å². The lowest BCUT2D eigenvalue weighted by Crippen LogP contribution is -2.54. The first-order valence-corrected chi connectivity index (χ1v) is 13.0. The average Bonchev–Trinajstić information content (AvgIpc) is 2.80. The highest BCUT2D eigenvalue weighted by atomic mass is 32.2. The van der Waals surface area contributed by atoms with E-state index in [1.807, 2.05) is 51.1 Å². The van der Waals surface area contributed by atoms with Crippen molar-refractivity contribution in [2.75, 3.05) is 31.5 Å². The lowest BCUT2D eigenvalue weighted by atomic mass is 10.1. The molecule has 0 aliphatic heterocycles. The molecule has 0 saturated carbocycles. The second-order valence-corrected chi connectivity index (χ2v) is 10.8. The summed E-state index contributed by atoms with van der Waals surface area (Å²) in [4.78, 5) is 28.0. The number of nitrogens with zero attached hydrogens (tertiary/aromatic N) is 3. The minimum Gasteiger partial charge on any atom is -0.352 e. The van der Waals surface area contributed by atoms with E-state index in [4.69, 9.17) is 0 Å².